The lowest BCUT2D eigenvalue weighted by Crippen LogP contribution is -2.25. The molecule has 1 aromatic carbocycles. The van der Waals surface area contributed by atoms with Crippen LogP contribution in [0.1, 0.15) is 44.2 Å². The highest BCUT2D eigenvalue weighted by Crippen LogP contribution is 2.18. The number of sulfonamides is 1. The fourth-order valence-corrected chi connectivity index (χ4v) is 2.58. The van der Waals surface area contributed by atoms with Gasteiger partial charge < -0.3 is 5.32 Å². The molecule has 0 aliphatic rings. The van der Waals surface area contributed by atoms with Crippen molar-refractivity contribution in [2.75, 3.05) is 12.3 Å². The van der Waals surface area contributed by atoms with Crippen LogP contribution in [0.2, 0.25) is 0 Å². The van der Waals surface area contributed by atoms with Crippen LogP contribution in [0.25, 0.3) is 0 Å². The van der Waals surface area contributed by atoms with Gasteiger partial charge in [-0.25, -0.2) is 13.6 Å². The summed E-state index contributed by atoms with van der Waals surface area (Å²) in [6.07, 6.45) is 3.92. The Hall–Kier alpha value is -0.910. The first-order chi connectivity index (χ1) is 9.03. The second kappa shape index (κ2) is 8.30. The molecule has 0 aliphatic carbocycles. The SMILES string of the molecule is CCCCC(NCCCS(N)(=O)=O)c1ccccc1. The summed E-state index contributed by atoms with van der Waals surface area (Å²) in [5, 5.41) is 8.41. The molecule has 0 radical (unpaired) electrons. The molecule has 0 fully saturated rings. The van der Waals surface area contributed by atoms with Gasteiger partial charge >= 0.3 is 0 Å². The molecule has 1 unspecified atom stereocenters. The Labute approximate surface area is 116 Å². The van der Waals surface area contributed by atoms with E-state index in [0.29, 0.717) is 19.0 Å². The van der Waals surface area contributed by atoms with E-state index in [0.717, 1.165) is 19.3 Å². The molecule has 0 saturated heterocycles. The van der Waals surface area contributed by atoms with Crippen molar-refractivity contribution < 1.29 is 8.42 Å². The van der Waals surface area contributed by atoms with Crippen LogP contribution in [0.15, 0.2) is 30.3 Å². The minimum atomic E-state index is -3.34. The van der Waals surface area contributed by atoms with E-state index in [4.69, 9.17) is 5.14 Å². The second-order valence-electron chi connectivity index (χ2n) is 4.78. The normalized spacial score (nSPS) is 13.4. The number of rotatable bonds is 9. The summed E-state index contributed by atoms with van der Waals surface area (Å²) in [5.41, 5.74) is 1.26. The van der Waals surface area contributed by atoms with E-state index in [1.807, 2.05) is 18.2 Å². The van der Waals surface area contributed by atoms with E-state index in [1.165, 1.54) is 5.56 Å². The highest BCUT2D eigenvalue weighted by molar-refractivity contribution is 7.89. The summed E-state index contributed by atoms with van der Waals surface area (Å²) < 4.78 is 21.7. The van der Waals surface area contributed by atoms with Crippen LogP contribution in [0.4, 0.5) is 0 Å². The van der Waals surface area contributed by atoms with Crippen molar-refractivity contribution >= 4 is 10.0 Å². The quantitative estimate of drug-likeness (QED) is 0.683. The predicted molar refractivity (Wildman–Crippen MR) is 79.3 cm³/mol. The Morgan fingerprint density at radius 2 is 1.89 bits per heavy atom. The van der Waals surface area contributed by atoms with Gasteiger partial charge in [0.05, 0.1) is 5.75 Å². The molecule has 1 rings (SSSR count). The molecule has 3 N–H and O–H groups in total. The third kappa shape index (κ3) is 7.30. The highest BCUT2D eigenvalue weighted by Gasteiger charge is 2.10. The summed E-state index contributed by atoms with van der Waals surface area (Å²) in [5.74, 6) is 0.0370. The van der Waals surface area contributed by atoms with E-state index >= 15 is 0 Å². The maximum atomic E-state index is 10.9. The number of unbranched alkanes of at least 4 members (excludes halogenated alkanes) is 1. The van der Waals surface area contributed by atoms with Crippen LogP contribution in [0.3, 0.4) is 0 Å². The predicted octanol–water partition coefficient (Wildman–Crippen LogP) is 2.19. The number of benzene rings is 1. The number of hydrogen-bond acceptors (Lipinski definition) is 3. The first-order valence-electron chi connectivity index (χ1n) is 6.81. The Kier molecular flexibility index (Phi) is 7.05. The zero-order valence-corrected chi connectivity index (χ0v) is 12.3. The fourth-order valence-electron chi connectivity index (χ4n) is 2.03. The van der Waals surface area contributed by atoms with Gasteiger partial charge in [0, 0.05) is 6.04 Å². The first kappa shape index (κ1) is 16.1. The van der Waals surface area contributed by atoms with Gasteiger partial charge in [0.25, 0.3) is 0 Å². The van der Waals surface area contributed by atoms with Crippen LogP contribution >= 0.6 is 0 Å². The largest absolute Gasteiger partial charge is 0.310 e. The molecule has 19 heavy (non-hydrogen) atoms. The van der Waals surface area contributed by atoms with Crippen molar-refractivity contribution in [2.45, 2.75) is 38.6 Å². The van der Waals surface area contributed by atoms with Crippen molar-refractivity contribution in [3.8, 4) is 0 Å². The first-order valence-corrected chi connectivity index (χ1v) is 8.53. The van der Waals surface area contributed by atoms with E-state index in [9.17, 15) is 8.42 Å². The van der Waals surface area contributed by atoms with Crippen molar-refractivity contribution in [2.24, 2.45) is 5.14 Å². The molecular formula is C14H24N2O2S. The number of nitrogens with one attached hydrogen (secondary N) is 1. The molecular weight excluding hydrogens is 260 g/mol. The minimum Gasteiger partial charge on any atom is -0.310 e. The lowest BCUT2D eigenvalue weighted by Gasteiger charge is -2.19. The highest BCUT2D eigenvalue weighted by atomic mass is 32.2. The standard InChI is InChI=1S/C14H24N2O2S/c1-2-3-10-14(13-8-5-4-6-9-13)16-11-7-12-19(15,17)18/h4-6,8-9,14,16H,2-3,7,10-12H2,1H3,(H2,15,17,18). The van der Waals surface area contributed by atoms with Gasteiger partial charge in [0.15, 0.2) is 0 Å². The molecule has 0 heterocycles. The lowest BCUT2D eigenvalue weighted by molar-refractivity contribution is 0.480. The molecule has 4 nitrogen and oxygen atoms in total. The molecule has 0 aromatic heterocycles. The van der Waals surface area contributed by atoms with Crippen LogP contribution < -0.4 is 10.5 Å². The maximum Gasteiger partial charge on any atom is 0.209 e. The molecule has 108 valence electrons. The molecule has 1 aromatic rings. The second-order valence-corrected chi connectivity index (χ2v) is 6.51. The Morgan fingerprint density at radius 1 is 1.21 bits per heavy atom. The third-order valence-electron chi connectivity index (χ3n) is 3.04. The average Bonchev–Trinajstić information content (AvgIpc) is 2.38. The topological polar surface area (TPSA) is 72.2 Å². The van der Waals surface area contributed by atoms with Gasteiger partial charge in [0.2, 0.25) is 10.0 Å². The summed E-state index contributed by atoms with van der Waals surface area (Å²) in [6.45, 7) is 2.84. The number of primary sulfonamides is 1. The molecule has 5 heteroatoms. The van der Waals surface area contributed by atoms with Gasteiger partial charge in [-0.05, 0) is 24.9 Å². The third-order valence-corrected chi connectivity index (χ3v) is 3.90. The number of nitrogens with two attached hydrogens (primary N) is 1. The summed E-state index contributed by atoms with van der Waals surface area (Å²) >= 11 is 0. The summed E-state index contributed by atoms with van der Waals surface area (Å²) in [7, 11) is -3.34. The Bertz CT molecular complexity index is 446. The van der Waals surface area contributed by atoms with Crippen molar-refractivity contribution in [3.05, 3.63) is 35.9 Å². The van der Waals surface area contributed by atoms with E-state index in [2.05, 4.69) is 24.4 Å². The van der Waals surface area contributed by atoms with Crippen LogP contribution in [0.5, 0.6) is 0 Å². The fraction of sp³-hybridized carbons (Fsp3) is 0.571. The van der Waals surface area contributed by atoms with Crippen molar-refractivity contribution in [1.29, 1.82) is 0 Å². The molecule has 0 bridgehead atoms. The molecule has 1 atom stereocenters. The Morgan fingerprint density at radius 3 is 2.47 bits per heavy atom. The van der Waals surface area contributed by atoms with Gasteiger partial charge in [-0.3, -0.25) is 0 Å². The van der Waals surface area contributed by atoms with Gasteiger partial charge in [-0.1, -0.05) is 50.1 Å². The molecule has 0 saturated carbocycles. The zero-order chi connectivity index (χ0) is 14.1. The smallest absolute Gasteiger partial charge is 0.209 e. The van der Waals surface area contributed by atoms with Gasteiger partial charge in [0.1, 0.15) is 0 Å². The minimum absolute atomic E-state index is 0.0370. The summed E-state index contributed by atoms with van der Waals surface area (Å²) in [6, 6.07) is 10.6. The van der Waals surface area contributed by atoms with E-state index in [1.54, 1.807) is 0 Å². The Balaban J connectivity index is 2.47. The van der Waals surface area contributed by atoms with Crippen molar-refractivity contribution in [3.63, 3.8) is 0 Å². The molecule has 0 spiro atoms. The van der Waals surface area contributed by atoms with Crippen LogP contribution in [0, 0.1) is 0 Å². The summed E-state index contributed by atoms with van der Waals surface area (Å²) in [4.78, 5) is 0. The maximum absolute atomic E-state index is 10.9. The molecule has 0 aliphatic heterocycles. The lowest BCUT2D eigenvalue weighted by atomic mass is 10.0. The van der Waals surface area contributed by atoms with Crippen LogP contribution in [-0.2, 0) is 10.0 Å². The number of hydrogen-bond donors (Lipinski definition) is 2. The van der Waals surface area contributed by atoms with E-state index < -0.39 is 10.0 Å². The zero-order valence-electron chi connectivity index (χ0n) is 11.5. The van der Waals surface area contributed by atoms with Crippen molar-refractivity contribution in [1.82, 2.24) is 5.32 Å². The van der Waals surface area contributed by atoms with Gasteiger partial charge in [-0.15, -0.1) is 0 Å². The van der Waals surface area contributed by atoms with Crippen LogP contribution in [-0.4, -0.2) is 20.7 Å². The monoisotopic (exact) mass is 284 g/mol. The molecule has 0 amide bonds. The van der Waals surface area contributed by atoms with E-state index in [-0.39, 0.29) is 5.75 Å². The van der Waals surface area contributed by atoms with Gasteiger partial charge in [-0.2, -0.15) is 0 Å². The average molecular weight is 284 g/mol.